The maximum atomic E-state index is 5.61. The van der Waals surface area contributed by atoms with Crippen LogP contribution in [0.25, 0.3) is 0 Å². The fourth-order valence-electron chi connectivity index (χ4n) is 3.51. The maximum Gasteiger partial charge on any atom is 0.191 e. The number of nitrogens with one attached hydrogen (secondary N) is 2. The third kappa shape index (κ3) is 5.86. The first kappa shape index (κ1) is 18.8. The average Bonchev–Trinajstić information content (AvgIpc) is 3.20. The van der Waals surface area contributed by atoms with Crippen molar-refractivity contribution in [3.05, 3.63) is 24.0 Å². The molecule has 2 N–H and O–H groups in total. The molecule has 0 aromatic carbocycles. The number of guanidine groups is 1. The van der Waals surface area contributed by atoms with Gasteiger partial charge in [0.1, 0.15) is 0 Å². The van der Waals surface area contributed by atoms with Gasteiger partial charge in [0.25, 0.3) is 0 Å². The molecule has 5 heteroatoms. The maximum absolute atomic E-state index is 5.61. The van der Waals surface area contributed by atoms with Crippen molar-refractivity contribution in [2.75, 3.05) is 26.3 Å². The van der Waals surface area contributed by atoms with Crippen LogP contribution in [-0.4, -0.2) is 36.8 Å². The molecule has 0 amide bonds. The quantitative estimate of drug-likeness (QED) is 0.414. The Kier molecular flexibility index (Phi) is 7.63. The van der Waals surface area contributed by atoms with Gasteiger partial charge < -0.3 is 19.9 Å². The first-order chi connectivity index (χ1) is 11.7. The fraction of sp³-hybridized carbons (Fsp3) is 0.737. The normalized spacial score (nSPS) is 17.2. The summed E-state index contributed by atoms with van der Waals surface area (Å²) in [5.41, 5.74) is 1.61. The molecule has 24 heavy (non-hydrogen) atoms. The van der Waals surface area contributed by atoms with Crippen LogP contribution in [0.4, 0.5) is 0 Å². The van der Waals surface area contributed by atoms with Gasteiger partial charge in [0.15, 0.2) is 5.96 Å². The number of aromatic nitrogens is 1. The van der Waals surface area contributed by atoms with Crippen molar-refractivity contribution in [2.45, 2.75) is 52.5 Å². The first-order valence-electron chi connectivity index (χ1n) is 9.38. The van der Waals surface area contributed by atoms with Crippen molar-refractivity contribution in [2.24, 2.45) is 17.5 Å². The molecule has 1 heterocycles. The molecule has 1 saturated carbocycles. The van der Waals surface area contributed by atoms with E-state index in [-0.39, 0.29) is 0 Å². The molecule has 0 saturated heterocycles. The Morgan fingerprint density at radius 2 is 2.08 bits per heavy atom. The second kappa shape index (κ2) is 9.72. The van der Waals surface area contributed by atoms with Gasteiger partial charge in [0.2, 0.25) is 0 Å². The smallest absolute Gasteiger partial charge is 0.191 e. The van der Waals surface area contributed by atoms with Crippen molar-refractivity contribution in [1.82, 2.24) is 15.2 Å². The van der Waals surface area contributed by atoms with Gasteiger partial charge in [-0.1, -0.05) is 12.8 Å². The van der Waals surface area contributed by atoms with Gasteiger partial charge in [-0.2, -0.15) is 0 Å². The average molecular weight is 335 g/mol. The van der Waals surface area contributed by atoms with Crippen molar-refractivity contribution in [3.63, 3.8) is 0 Å². The van der Waals surface area contributed by atoms with Gasteiger partial charge in [-0.3, -0.25) is 0 Å². The van der Waals surface area contributed by atoms with E-state index in [1.165, 1.54) is 31.2 Å². The molecule has 1 aliphatic carbocycles. The molecular formula is C19H34N4O. The highest BCUT2D eigenvalue weighted by Gasteiger charge is 2.33. The van der Waals surface area contributed by atoms with E-state index in [0.29, 0.717) is 12.0 Å². The lowest BCUT2D eigenvalue weighted by Crippen LogP contribution is -2.43. The molecule has 0 radical (unpaired) electrons. The third-order valence-electron chi connectivity index (χ3n) is 4.93. The Hall–Kier alpha value is -1.49. The van der Waals surface area contributed by atoms with E-state index in [9.17, 15) is 0 Å². The Balaban J connectivity index is 1.90. The minimum atomic E-state index is 0.373. The lowest BCUT2D eigenvalue weighted by molar-refractivity contribution is 0.105. The van der Waals surface area contributed by atoms with Crippen LogP contribution in [0, 0.1) is 5.41 Å². The number of ether oxygens (including phenoxy) is 1. The molecule has 0 spiro atoms. The molecule has 5 nitrogen and oxygen atoms in total. The zero-order chi connectivity index (χ0) is 17.3. The summed E-state index contributed by atoms with van der Waals surface area (Å²) in [6, 6.07) is 2.12. The number of aryl methyl sites for hydroxylation is 1. The summed E-state index contributed by atoms with van der Waals surface area (Å²) in [5.74, 6) is 0.920. The van der Waals surface area contributed by atoms with E-state index in [2.05, 4.69) is 47.5 Å². The van der Waals surface area contributed by atoms with Crippen LogP contribution in [-0.2, 0) is 18.3 Å². The molecule has 1 aromatic heterocycles. The van der Waals surface area contributed by atoms with E-state index < -0.39 is 0 Å². The largest absolute Gasteiger partial charge is 0.382 e. The summed E-state index contributed by atoms with van der Waals surface area (Å²) in [5, 5.41) is 6.95. The van der Waals surface area contributed by atoms with E-state index >= 15 is 0 Å². The van der Waals surface area contributed by atoms with Gasteiger partial charge in [-0.05, 0) is 50.2 Å². The van der Waals surface area contributed by atoms with Gasteiger partial charge in [-0.15, -0.1) is 0 Å². The third-order valence-corrected chi connectivity index (χ3v) is 4.93. The summed E-state index contributed by atoms with van der Waals surface area (Å²) in [4.78, 5) is 4.74. The van der Waals surface area contributed by atoms with Crippen LogP contribution in [0.2, 0.25) is 0 Å². The number of nitrogens with zero attached hydrogens (tertiary/aromatic N) is 2. The summed E-state index contributed by atoms with van der Waals surface area (Å²) in [6.45, 7) is 8.44. The van der Waals surface area contributed by atoms with Gasteiger partial charge in [-0.25, -0.2) is 4.99 Å². The molecule has 2 rings (SSSR count). The molecule has 0 aliphatic heterocycles. The minimum Gasteiger partial charge on any atom is -0.382 e. The second-order valence-electron chi connectivity index (χ2n) is 6.89. The number of hydrogen-bond donors (Lipinski definition) is 2. The van der Waals surface area contributed by atoms with Crippen molar-refractivity contribution in [3.8, 4) is 0 Å². The summed E-state index contributed by atoms with van der Waals surface area (Å²) in [7, 11) is 2.04. The fourth-order valence-corrected chi connectivity index (χ4v) is 3.51. The van der Waals surface area contributed by atoms with E-state index in [0.717, 1.165) is 38.7 Å². The summed E-state index contributed by atoms with van der Waals surface area (Å²) in [6.07, 6.45) is 10.6. The molecule has 1 fully saturated rings. The zero-order valence-corrected chi connectivity index (χ0v) is 15.6. The zero-order valence-electron chi connectivity index (χ0n) is 15.6. The van der Waals surface area contributed by atoms with Crippen LogP contribution in [0.1, 0.15) is 51.5 Å². The van der Waals surface area contributed by atoms with E-state index in [1.54, 1.807) is 0 Å². The lowest BCUT2D eigenvalue weighted by atomic mass is 9.83. The molecule has 0 atom stereocenters. The Morgan fingerprint density at radius 3 is 2.71 bits per heavy atom. The lowest BCUT2D eigenvalue weighted by Gasteiger charge is -2.30. The second-order valence-corrected chi connectivity index (χ2v) is 6.89. The SMILES string of the molecule is CCNC(=NCc1ccn(C)c1)NCC1(CCOCC)CCCC1. The van der Waals surface area contributed by atoms with Crippen molar-refractivity contribution >= 4 is 5.96 Å². The topological polar surface area (TPSA) is 50.6 Å². The highest BCUT2D eigenvalue weighted by atomic mass is 16.5. The standard InChI is InChI=1S/C19H34N4O/c1-4-20-18(21-14-17-8-12-23(3)15-17)22-16-19(9-6-7-10-19)11-13-24-5-2/h8,12,15H,4-7,9-11,13-14,16H2,1-3H3,(H2,20,21,22). The predicted octanol–water partition coefficient (Wildman–Crippen LogP) is 3.07. The van der Waals surface area contributed by atoms with Crippen LogP contribution >= 0.6 is 0 Å². The highest BCUT2D eigenvalue weighted by Crippen LogP contribution is 2.40. The highest BCUT2D eigenvalue weighted by molar-refractivity contribution is 5.79. The van der Waals surface area contributed by atoms with Gasteiger partial charge in [0.05, 0.1) is 6.54 Å². The van der Waals surface area contributed by atoms with Gasteiger partial charge in [0, 0.05) is 45.7 Å². The summed E-state index contributed by atoms with van der Waals surface area (Å²) < 4.78 is 7.67. The van der Waals surface area contributed by atoms with Crippen LogP contribution in [0.15, 0.2) is 23.5 Å². The molecule has 1 aliphatic rings. The Morgan fingerprint density at radius 1 is 1.29 bits per heavy atom. The monoisotopic (exact) mass is 334 g/mol. The molecule has 136 valence electrons. The predicted molar refractivity (Wildman–Crippen MR) is 100 cm³/mol. The molecular weight excluding hydrogens is 300 g/mol. The minimum absolute atomic E-state index is 0.373. The van der Waals surface area contributed by atoms with Crippen molar-refractivity contribution < 1.29 is 4.74 Å². The van der Waals surface area contributed by atoms with Crippen LogP contribution in [0.5, 0.6) is 0 Å². The van der Waals surface area contributed by atoms with Crippen LogP contribution < -0.4 is 10.6 Å². The number of hydrogen-bond acceptors (Lipinski definition) is 2. The molecule has 0 bridgehead atoms. The molecule has 0 unspecified atom stereocenters. The van der Waals surface area contributed by atoms with Gasteiger partial charge >= 0.3 is 0 Å². The Bertz CT molecular complexity index is 503. The van der Waals surface area contributed by atoms with E-state index in [4.69, 9.17) is 9.73 Å². The van der Waals surface area contributed by atoms with E-state index in [1.807, 2.05) is 7.05 Å². The van der Waals surface area contributed by atoms with Crippen LogP contribution in [0.3, 0.4) is 0 Å². The molecule has 1 aromatic rings. The summed E-state index contributed by atoms with van der Waals surface area (Å²) >= 11 is 0. The number of rotatable bonds is 9. The number of aliphatic imine (C=N–C) groups is 1. The Labute approximate surface area is 146 Å². The van der Waals surface area contributed by atoms with Crippen molar-refractivity contribution in [1.29, 1.82) is 0 Å². The first-order valence-corrected chi connectivity index (χ1v) is 9.38.